The number of rotatable bonds is 5. The lowest BCUT2D eigenvalue weighted by molar-refractivity contribution is -0.143. The van der Waals surface area contributed by atoms with Gasteiger partial charge in [-0.05, 0) is 24.0 Å². The molecule has 0 radical (unpaired) electrons. The van der Waals surface area contributed by atoms with Gasteiger partial charge in [0.25, 0.3) is 0 Å². The first-order valence-corrected chi connectivity index (χ1v) is 9.76. The molecule has 0 amide bonds. The monoisotopic (exact) mass is 456 g/mol. The van der Waals surface area contributed by atoms with E-state index in [-0.39, 0.29) is 46.8 Å². The Morgan fingerprint density at radius 2 is 1.94 bits per heavy atom. The average molecular weight is 456 g/mol. The van der Waals surface area contributed by atoms with Crippen LogP contribution >= 0.6 is 0 Å². The van der Waals surface area contributed by atoms with Gasteiger partial charge in [-0.15, -0.1) is 0 Å². The summed E-state index contributed by atoms with van der Waals surface area (Å²) in [4.78, 5) is 13.9. The highest BCUT2D eigenvalue weighted by Gasteiger charge is 2.93. The van der Waals surface area contributed by atoms with Crippen molar-refractivity contribution in [2.24, 2.45) is 17.3 Å². The summed E-state index contributed by atoms with van der Waals surface area (Å²) in [5.74, 6) is 0.632. The average Bonchev–Trinajstić information content (AvgIpc) is 3.27. The summed E-state index contributed by atoms with van der Waals surface area (Å²) in [5.41, 5.74) is -1.03. The number of nitrogens with zero attached hydrogens (tertiary/aromatic N) is 6. The Labute approximate surface area is 176 Å². The van der Waals surface area contributed by atoms with Gasteiger partial charge in [0, 0.05) is 24.2 Å². The number of anilines is 1. The van der Waals surface area contributed by atoms with Crippen LogP contribution in [0.3, 0.4) is 0 Å². The van der Waals surface area contributed by atoms with Gasteiger partial charge in [0.05, 0.1) is 19.0 Å². The Balaban J connectivity index is 1.20. The molecule has 2 aliphatic heterocycles. The van der Waals surface area contributed by atoms with Crippen molar-refractivity contribution in [3.63, 3.8) is 0 Å². The summed E-state index contributed by atoms with van der Waals surface area (Å²) in [5, 5.41) is 3.72. The quantitative estimate of drug-likeness (QED) is 0.549. The van der Waals surface area contributed by atoms with Crippen LogP contribution in [0.5, 0.6) is 5.75 Å². The molecule has 4 fully saturated rings. The number of piperidine rings is 1. The summed E-state index contributed by atoms with van der Waals surface area (Å²) in [6.07, 6.45) is -5.28. The van der Waals surface area contributed by atoms with Gasteiger partial charge in [0.15, 0.2) is 11.3 Å². The number of ether oxygens (including phenoxy) is 1. The largest absolute Gasteiger partial charge is 0.491 e. The van der Waals surface area contributed by atoms with Crippen LogP contribution in [0.4, 0.5) is 32.2 Å². The fourth-order valence-corrected chi connectivity index (χ4v) is 5.17. The molecule has 13 heteroatoms. The Morgan fingerprint density at radius 1 is 1.12 bits per heavy atom. The van der Waals surface area contributed by atoms with Crippen molar-refractivity contribution in [3.8, 4) is 5.75 Å². The number of aromatic nitrogens is 5. The molecule has 2 saturated heterocycles. The molecule has 0 spiro atoms. The van der Waals surface area contributed by atoms with E-state index in [1.807, 2.05) is 4.90 Å². The lowest BCUT2D eigenvalue weighted by Gasteiger charge is -2.18. The second-order valence-corrected chi connectivity index (χ2v) is 8.33. The van der Waals surface area contributed by atoms with Crippen LogP contribution < -0.4 is 9.64 Å². The first kappa shape index (κ1) is 19.6. The van der Waals surface area contributed by atoms with E-state index in [1.54, 1.807) is 0 Å². The Morgan fingerprint density at radius 3 is 2.66 bits per heavy atom. The minimum Gasteiger partial charge on any atom is -0.491 e. The van der Waals surface area contributed by atoms with E-state index in [0.29, 0.717) is 12.4 Å². The van der Waals surface area contributed by atoms with E-state index in [4.69, 9.17) is 4.74 Å². The van der Waals surface area contributed by atoms with Crippen molar-refractivity contribution in [1.82, 2.24) is 24.7 Å². The van der Waals surface area contributed by atoms with E-state index in [1.165, 1.54) is 24.5 Å². The van der Waals surface area contributed by atoms with Crippen molar-refractivity contribution >= 4 is 17.0 Å². The maximum absolute atomic E-state index is 13.1. The lowest BCUT2D eigenvalue weighted by atomic mass is 10.1. The van der Waals surface area contributed by atoms with Crippen LogP contribution in [0.2, 0.25) is 0 Å². The Hall–Kier alpha value is -3.12. The number of alkyl halides is 6. The van der Waals surface area contributed by atoms with Crippen molar-refractivity contribution in [2.75, 3.05) is 18.1 Å². The van der Waals surface area contributed by atoms with Crippen LogP contribution in [0.1, 0.15) is 5.69 Å². The van der Waals surface area contributed by atoms with Gasteiger partial charge < -0.3 is 9.64 Å². The maximum Gasteiger partial charge on any atom is 0.437 e. The third-order valence-corrected chi connectivity index (χ3v) is 6.62. The van der Waals surface area contributed by atoms with Crippen LogP contribution in [-0.4, -0.2) is 50.1 Å². The van der Waals surface area contributed by atoms with Crippen molar-refractivity contribution in [1.29, 1.82) is 0 Å². The van der Waals surface area contributed by atoms with Crippen molar-refractivity contribution in [3.05, 3.63) is 36.4 Å². The first-order chi connectivity index (χ1) is 15.1. The van der Waals surface area contributed by atoms with Gasteiger partial charge in [-0.3, -0.25) is 0 Å². The molecule has 7 nitrogen and oxygen atoms in total. The predicted octanol–water partition coefficient (Wildman–Crippen LogP) is 3.32. The molecule has 3 aromatic rings. The molecule has 4 atom stereocenters. The third kappa shape index (κ3) is 2.75. The van der Waals surface area contributed by atoms with Gasteiger partial charge in [-0.25, -0.2) is 19.6 Å². The Bertz CT molecular complexity index is 1220. The molecule has 0 aromatic carbocycles. The molecule has 2 saturated carbocycles. The van der Waals surface area contributed by atoms with Gasteiger partial charge >= 0.3 is 12.4 Å². The van der Waals surface area contributed by atoms with E-state index >= 15 is 0 Å². The van der Waals surface area contributed by atoms with E-state index in [0.717, 1.165) is 10.9 Å². The topological polar surface area (TPSA) is 69.0 Å². The highest BCUT2D eigenvalue weighted by Crippen LogP contribution is 2.85. The molecular weight excluding hydrogens is 442 g/mol. The zero-order valence-corrected chi connectivity index (χ0v) is 16.1. The molecule has 2 bridgehead atoms. The van der Waals surface area contributed by atoms with Crippen molar-refractivity contribution in [2.45, 2.75) is 24.9 Å². The zero-order chi connectivity index (χ0) is 22.5. The molecule has 2 aliphatic carbocycles. The third-order valence-electron chi connectivity index (χ3n) is 6.62. The molecule has 168 valence electrons. The first-order valence-electron chi connectivity index (χ1n) is 9.76. The van der Waals surface area contributed by atoms with Crippen LogP contribution in [-0.2, 0) is 12.7 Å². The molecule has 3 aromatic heterocycles. The summed E-state index contributed by atoms with van der Waals surface area (Å²) in [7, 11) is 0. The van der Waals surface area contributed by atoms with E-state index < -0.39 is 24.6 Å². The second kappa shape index (κ2) is 6.01. The maximum atomic E-state index is 13.1. The second-order valence-electron chi connectivity index (χ2n) is 8.33. The molecule has 32 heavy (non-hydrogen) atoms. The summed E-state index contributed by atoms with van der Waals surface area (Å²) < 4.78 is 84.1. The van der Waals surface area contributed by atoms with Crippen LogP contribution in [0.25, 0.3) is 11.2 Å². The number of hydrogen-bond acceptors (Lipinski definition) is 6. The molecule has 7 rings (SSSR count). The number of pyridine rings is 1. The molecule has 4 aliphatic rings. The number of hydrogen-bond donors (Lipinski definition) is 0. The minimum absolute atomic E-state index is 0.0178. The molecular formula is C19H14F6N6O. The van der Waals surface area contributed by atoms with Crippen LogP contribution in [0.15, 0.2) is 30.7 Å². The highest BCUT2D eigenvalue weighted by atomic mass is 19.4. The fourth-order valence-electron chi connectivity index (χ4n) is 5.17. The van der Waals surface area contributed by atoms with Gasteiger partial charge in [0.2, 0.25) is 0 Å². The fraction of sp³-hybridized carbons (Fsp3) is 0.474. The smallest absolute Gasteiger partial charge is 0.437 e. The molecule has 1 unspecified atom stereocenters. The molecule has 0 N–H and O–H groups in total. The summed E-state index contributed by atoms with van der Waals surface area (Å²) in [6.45, 7) is -0.556. The van der Waals surface area contributed by atoms with E-state index in [9.17, 15) is 26.3 Å². The van der Waals surface area contributed by atoms with Gasteiger partial charge in [0.1, 0.15) is 23.6 Å². The highest BCUT2D eigenvalue weighted by molar-refractivity contribution is 5.72. The lowest BCUT2D eigenvalue weighted by Crippen LogP contribution is -2.25. The van der Waals surface area contributed by atoms with Gasteiger partial charge in [-0.2, -0.15) is 31.4 Å². The number of halogens is 6. The molecule has 5 heterocycles. The zero-order valence-electron chi connectivity index (χ0n) is 16.1. The SMILES string of the molecule is FC(F)(F)Cn1ncc2ncc(N3C[C@H]4[C@H]5C3[C@@]54COc3cccnc3C(F)(F)F)nc21. The normalized spacial score (nSPS) is 28.2. The Kier molecular flexibility index (Phi) is 3.67. The van der Waals surface area contributed by atoms with Crippen LogP contribution in [0, 0.1) is 17.3 Å². The predicted molar refractivity (Wildman–Crippen MR) is 96.7 cm³/mol. The standard InChI is InChI=1S/C19H14F6N6O/c20-18(21,22)7-31-16-10(4-28-31)27-5-12(29-16)30-6-9-13-15(30)17(9,13)8-32-11-2-1-3-26-14(11)19(23,24)25/h1-5,9,13,15H,6-8H2/t9-,13-,15?,17+/m0/s1. The van der Waals surface area contributed by atoms with E-state index in [2.05, 4.69) is 20.1 Å². The number of fused-ring (bicyclic) bond motifs is 2. The summed E-state index contributed by atoms with van der Waals surface area (Å²) >= 11 is 0. The summed E-state index contributed by atoms with van der Waals surface area (Å²) in [6, 6.07) is 2.65. The van der Waals surface area contributed by atoms with Gasteiger partial charge in [-0.1, -0.05) is 0 Å². The van der Waals surface area contributed by atoms with Crippen molar-refractivity contribution < 1.29 is 31.1 Å². The minimum atomic E-state index is -4.61.